The van der Waals surface area contributed by atoms with Crippen molar-refractivity contribution < 1.29 is 9.53 Å². The summed E-state index contributed by atoms with van der Waals surface area (Å²) in [6.45, 7) is 7.64. The van der Waals surface area contributed by atoms with Gasteiger partial charge in [0, 0.05) is 11.6 Å². The van der Waals surface area contributed by atoms with Gasteiger partial charge in [0.2, 0.25) is 0 Å². The number of nitrogens with zero attached hydrogens (tertiary/aromatic N) is 3. The first kappa shape index (κ1) is 14.8. The van der Waals surface area contributed by atoms with Crippen molar-refractivity contribution in [3.63, 3.8) is 0 Å². The molecule has 0 bridgehead atoms. The lowest BCUT2D eigenvalue weighted by atomic mass is 10.1. The van der Waals surface area contributed by atoms with Crippen molar-refractivity contribution in [2.45, 2.75) is 45.8 Å². The molecule has 0 unspecified atom stereocenters. The molecule has 116 valence electrons. The predicted molar refractivity (Wildman–Crippen MR) is 84.4 cm³/mol. The third kappa shape index (κ3) is 2.75. The molecule has 0 aliphatic heterocycles. The zero-order valence-electron chi connectivity index (χ0n) is 13.4. The molecule has 0 radical (unpaired) electrons. The van der Waals surface area contributed by atoms with Crippen molar-refractivity contribution >= 4 is 17.0 Å². The van der Waals surface area contributed by atoms with Crippen molar-refractivity contribution in [2.24, 2.45) is 5.92 Å². The Hall–Kier alpha value is -2.17. The normalized spacial score (nSPS) is 21.5. The zero-order chi connectivity index (χ0) is 15.9. The first-order valence-electron chi connectivity index (χ1n) is 7.54. The van der Waals surface area contributed by atoms with Crippen LogP contribution in [0.15, 0.2) is 30.7 Å². The van der Waals surface area contributed by atoms with Crippen LogP contribution in [0, 0.1) is 12.8 Å². The molecular weight excluding hydrogens is 278 g/mol. The number of aromatic nitrogens is 3. The highest BCUT2D eigenvalue weighted by molar-refractivity contribution is 5.79. The van der Waals surface area contributed by atoms with E-state index in [1.807, 2.05) is 46.0 Å². The summed E-state index contributed by atoms with van der Waals surface area (Å²) < 4.78 is 7.57. The van der Waals surface area contributed by atoms with Crippen LogP contribution >= 0.6 is 0 Å². The summed E-state index contributed by atoms with van der Waals surface area (Å²) in [7, 11) is 0. The summed E-state index contributed by atoms with van der Waals surface area (Å²) in [5.74, 6) is -0.349. The average Bonchev–Trinajstić information content (AvgIpc) is 3.03. The van der Waals surface area contributed by atoms with Gasteiger partial charge in [-0.3, -0.25) is 4.79 Å². The lowest BCUT2D eigenvalue weighted by Gasteiger charge is -2.22. The monoisotopic (exact) mass is 299 g/mol. The van der Waals surface area contributed by atoms with E-state index in [2.05, 4.69) is 20.6 Å². The zero-order valence-corrected chi connectivity index (χ0v) is 13.4. The van der Waals surface area contributed by atoms with E-state index in [0.29, 0.717) is 6.42 Å². The van der Waals surface area contributed by atoms with Crippen LogP contribution < -0.4 is 0 Å². The second kappa shape index (κ2) is 5.23. The Morgan fingerprint density at radius 2 is 2.09 bits per heavy atom. The molecule has 2 aromatic rings. The van der Waals surface area contributed by atoms with Gasteiger partial charge in [0.1, 0.15) is 17.6 Å². The molecule has 0 amide bonds. The number of carbonyl (C=O) groups is 1. The fourth-order valence-corrected chi connectivity index (χ4v) is 2.80. The Balaban J connectivity index is 1.79. The Bertz CT molecular complexity index is 740. The maximum absolute atomic E-state index is 12.2. The first-order chi connectivity index (χ1) is 10.3. The number of aryl methyl sites for hydroxylation is 1. The summed E-state index contributed by atoms with van der Waals surface area (Å²) in [4.78, 5) is 20.8. The van der Waals surface area contributed by atoms with Crippen molar-refractivity contribution in [2.75, 3.05) is 0 Å². The molecule has 0 spiro atoms. The highest BCUT2D eigenvalue weighted by Gasteiger charge is 2.30. The van der Waals surface area contributed by atoms with Gasteiger partial charge in [-0.25, -0.2) is 9.97 Å². The summed E-state index contributed by atoms with van der Waals surface area (Å²) in [6, 6.07) is 2.16. The third-order valence-corrected chi connectivity index (χ3v) is 3.84. The lowest BCUT2D eigenvalue weighted by molar-refractivity contribution is -0.158. The second-order valence-corrected chi connectivity index (χ2v) is 6.75. The number of esters is 1. The van der Waals surface area contributed by atoms with Crippen LogP contribution in [-0.2, 0) is 9.53 Å². The van der Waals surface area contributed by atoms with Crippen LogP contribution in [0.2, 0.25) is 0 Å². The van der Waals surface area contributed by atoms with E-state index >= 15 is 0 Å². The molecule has 0 saturated carbocycles. The maximum atomic E-state index is 12.2. The lowest BCUT2D eigenvalue weighted by Crippen LogP contribution is -2.27. The molecule has 1 aliphatic carbocycles. The molecule has 0 N–H and O–H groups in total. The van der Waals surface area contributed by atoms with Crippen molar-refractivity contribution in [1.82, 2.24) is 14.5 Å². The molecule has 3 rings (SSSR count). The fourth-order valence-electron chi connectivity index (χ4n) is 2.80. The van der Waals surface area contributed by atoms with Gasteiger partial charge in [-0.2, -0.15) is 0 Å². The molecule has 0 fully saturated rings. The van der Waals surface area contributed by atoms with Crippen LogP contribution in [0.3, 0.4) is 0 Å². The van der Waals surface area contributed by atoms with E-state index in [4.69, 9.17) is 4.74 Å². The first-order valence-corrected chi connectivity index (χ1v) is 7.54. The Morgan fingerprint density at radius 3 is 2.82 bits per heavy atom. The Morgan fingerprint density at radius 1 is 1.32 bits per heavy atom. The highest BCUT2D eigenvalue weighted by atomic mass is 16.6. The smallest absolute Gasteiger partial charge is 0.313 e. The van der Waals surface area contributed by atoms with Gasteiger partial charge in [-0.1, -0.05) is 12.2 Å². The molecule has 0 aromatic carbocycles. The molecule has 2 heterocycles. The fraction of sp³-hybridized carbons (Fsp3) is 0.471. The number of ether oxygens (including phenoxy) is 1. The molecular formula is C17H21N3O2. The van der Waals surface area contributed by atoms with Gasteiger partial charge in [0.15, 0.2) is 0 Å². The molecule has 2 aromatic heterocycles. The van der Waals surface area contributed by atoms with Gasteiger partial charge in [0.25, 0.3) is 0 Å². The van der Waals surface area contributed by atoms with Crippen molar-refractivity contribution in [3.05, 3.63) is 36.4 Å². The summed E-state index contributed by atoms with van der Waals surface area (Å²) in [6.07, 6.45) is 8.31. The van der Waals surface area contributed by atoms with E-state index in [0.717, 1.165) is 16.7 Å². The number of fused-ring (bicyclic) bond motifs is 1. The predicted octanol–water partition coefficient (Wildman–Crippen LogP) is 3.20. The highest BCUT2D eigenvalue weighted by Crippen LogP contribution is 2.32. The standard InChI is InChI=1S/C17H21N3O2/c1-11-14-7-8-20(15(14)19-10-18-11)13-6-5-12(9-13)16(21)22-17(2,3)4/h5-8,10,12-13H,9H2,1-4H3/t12-,13+/m1/s1. The van der Waals surface area contributed by atoms with E-state index in [1.54, 1.807) is 6.33 Å². The number of rotatable bonds is 2. The minimum Gasteiger partial charge on any atom is -0.460 e. The minimum absolute atomic E-state index is 0.129. The van der Waals surface area contributed by atoms with Gasteiger partial charge < -0.3 is 9.30 Å². The minimum atomic E-state index is -0.451. The molecule has 0 saturated heterocycles. The summed E-state index contributed by atoms with van der Waals surface area (Å²) >= 11 is 0. The number of hydrogen-bond acceptors (Lipinski definition) is 4. The molecule has 1 aliphatic rings. The SMILES string of the molecule is Cc1ncnc2c1ccn2[C@H]1C=C[C@@H](C(=O)OC(C)(C)C)C1. The van der Waals surface area contributed by atoms with Crippen LogP contribution in [0.5, 0.6) is 0 Å². The molecule has 22 heavy (non-hydrogen) atoms. The molecule has 2 atom stereocenters. The average molecular weight is 299 g/mol. The number of carbonyl (C=O) groups excluding carboxylic acids is 1. The van der Waals surface area contributed by atoms with E-state index in [1.165, 1.54) is 0 Å². The van der Waals surface area contributed by atoms with Crippen molar-refractivity contribution in [1.29, 1.82) is 0 Å². The summed E-state index contributed by atoms with van der Waals surface area (Å²) in [5, 5.41) is 1.05. The Labute approximate surface area is 130 Å². The third-order valence-electron chi connectivity index (χ3n) is 3.84. The Kier molecular flexibility index (Phi) is 3.51. The molecule has 5 heteroatoms. The van der Waals surface area contributed by atoms with E-state index in [9.17, 15) is 4.79 Å². The number of allylic oxidation sites excluding steroid dienone is 1. The second-order valence-electron chi connectivity index (χ2n) is 6.75. The van der Waals surface area contributed by atoms with Crippen LogP contribution in [0.25, 0.3) is 11.0 Å². The van der Waals surface area contributed by atoms with Gasteiger partial charge in [0.05, 0.1) is 17.7 Å². The van der Waals surface area contributed by atoms with Crippen LogP contribution in [0.4, 0.5) is 0 Å². The van der Waals surface area contributed by atoms with Crippen LogP contribution in [0.1, 0.15) is 38.9 Å². The van der Waals surface area contributed by atoms with E-state index in [-0.39, 0.29) is 17.9 Å². The summed E-state index contributed by atoms with van der Waals surface area (Å²) in [5.41, 5.74) is 1.43. The van der Waals surface area contributed by atoms with Gasteiger partial charge >= 0.3 is 5.97 Å². The maximum Gasteiger partial charge on any atom is 0.313 e. The van der Waals surface area contributed by atoms with E-state index < -0.39 is 5.60 Å². The van der Waals surface area contributed by atoms with Gasteiger partial charge in [-0.15, -0.1) is 0 Å². The number of hydrogen-bond donors (Lipinski definition) is 0. The topological polar surface area (TPSA) is 57.0 Å². The van der Waals surface area contributed by atoms with Gasteiger partial charge in [-0.05, 0) is 40.2 Å². The van der Waals surface area contributed by atoms with Crippen LogP contribution in [-0.4, -0.2) is 26.1 Å². The molecule has 5 nitrogen and oxygen atoms in total. The largest absolute Gasteiger partial charge is 0.460 e. The quantitative estimate of drug-likeness (QED) is 0.631. The van der Waals surface area contributed by atoms with Crippen molar-refractivity contribution in [3.8, 4) is 0 Å².